The highest BCUT2D eigenvalue weighted by atomic mass is 15.0. The van der Waals surface area contributed by atoms with Crippen LogP contribution in [0.1, 0.15) is 25.3 Å². The Hall–Kier alpha value is -3.72. The van der Waals surface area contributed by atoms with Gasteiger partial charge in [0.1, 0.15) is 12.0 Å². The maximum absolute atomic E-state index is 4.80. The summed E-state index contributed by atoms with van der Waals surface area (Å²) in [4.78, 5) is 9.49. The van der Waals surface area contributed by atoms with Gasteiger partial charge in [-0.2, -0.15) is 0 Å². The molecule has 0 amide bonds. The zero-order chi connectivity index (χ0) is 21.1. The molecule has 6 rings (SSSR count). The van der Waals surface area contributed by atoms with Crippen LogP contribution in [0.25, 0.3) is 54.7 Å². The van der Waals surface area contributed by atoms with E-state index in [2.05, 4.69) is 103 Å². The molecule has 0 saturated heterocycles. The van der Waals surface area contributed by atoms with Gasteiger partial charge in [0, 0.05) is 23.4 Å². The first kappa shape index (κ1) is 18.1. The molecule has 0 aliphatic heterocycles. The maximum atomic E-state index is 4.80. The molecule has 0 bridgehead atoms. The van der Waals surface area contributed by atoms with Crippen molar-refractivity contribution in [1.29, 1.82) is 0 Å². The first-order valence-corrected chi connectivity index (χ1v) is 10.8. The molecule has 0 radical (unpaired) electrons. The van der Waals surface area contributed by atoms with E-state index in [1.807, 2.05) is 0 Å². The number of hydrogen-bond acceptors (Lipinski definition) is 2. The molecule has 6 aromatic rings. The Morgan fingerprint density at radius 1 is 0.742 bits per heavy atom. The summed E-state index contributed by atoms with van der Waals surface area (Å²) in [6, 6.07) is 26.2. The predicted octanol–water partition coefficient (Wildman–Crippen LogP) is 7.22. The molecule has 3 heteroatoms. The summed E-state index contributed by atoms with van der Waals surface area (Å²) < 4.78 is 2.21. The van der Waals surface area contributed by atoms with E-state index < -0.39 is 0 Å². The number of fused-ring (bicyclic) bond motifs is 6. The Morgan fingerprint density at radius 3 is 2.29 bits per heavy atom. The standard InChI is InChI=1S/C28H23N3/c1-17(2)24-15-20(14-19-9-5-6-10-21(19)24)26-25-23-13-12-18-8-4-7-11-22(18)27(23)31(3)28(25)30-16-29-26/h4-17H,1-3H3. The summed E-state index contributed by atoms with van der Waals surface area (Å²) in [5.41, 5.74) is 5.68. The van der Waals surface area contributed by atoms with E-state index in [0.717, 1.165) is 22.3 Å². The van der Waals surface area contributed by atoms with Crippen molar-refractivity contribution >= 4 is 43.5 Å². The van der Waals surface area contributed by atoms with Crippen LogP contribution < -0.4 is 0 Å². The average molecular weight is 402 g/mol. The minimum atomic E-state index is 0.429. The van der Waals surface area contributed by atoms with E-state index in [1.165, 1.54) is 38.0 Å². The molecule has 0 atom stereocenters. The van der Waals surface area contributed by atoms with Crippen molar-refractivity contribution in [2.45, 2.75) is 19.8 Å². The molecule has 150 valence electrons. The SMILES string of the molecule is CC(C)c1cc(-c2ncnc3c2c2ccc4ccccc4c2n3C)cc2ccccc12. The zero-order valence-corrected chi connectivity index (χ0v) is 17.9. The number of rotatable bonds is 2. The highest BCUT2D eigenvalue weighted by molar-refractivity contribution is 6.20. The summed E-state index contributed by atoms with van der Waals surface area (Å²) in [5, 5.41) is 7.37. The first-order chi connectivity index (χ1) is 15.1. The van der Waals surface area contributed by atoms with Crippen molar-refractivity contribution in [3.8, 4) is 11.3 Å². The monoisotopic (exact) mass is 401 g/mol. The van der Waals surface area contributed by atoms with Crippen LogP contribution in [0.4, 0.5) is 0 Å². The lowest BCUT2D eigenvalue weighted by atomic mass is 9.92. The third-order valence-electron chi connectivity index (χ3n) is 6.44. The van der Waals surface area contributed by atoms with Crippen molar-refractivity contribution < 1.29 is 0 Å². The van der Waals surface area contributed by atoms with E-state index >= 15 is 0 Å². The van der Waals surface area contributed by atoms with E-state index in [1.54, 1.807) is 6.33 Å². The van der Waals surface area contributed by atoms with Gasteiger partial charge in [0.05, 0.1) is 16.6 Å². The average Bonchev–Trinajstić information content (AvgIpc) is 3.11. The highest BCUT2D eigenvalue weighted by Gasteiger charge is 2.18. The lowest BCUT2D eigenvalue weighted by Crippen LogP contribution is -1.95. The Kier molecular flexibility index (Phi) is 3.87. The fraction of sp³-hybridized carbons (Fsp3) is 0.143. The highest BCUT2D eigenvalue weighted by Crippen LogP contribution is 2.39. The zero-order valence-electron chi connectivity index (χ0n) is 17.9. The normalized spacial score (nSPS) is 12.0. The van der Waals surface area contributed by atoms with Crippen LogP contribution in [-0.4, -0.2) is 14.5 Å². The van der Waals surface area contributed by atoms with Crippen LogP contribution in [0.15, 0.2) is 79.1 Å². The molecule has 0 N–H and O–H groups in total. The molecule has 0 saturated carbocycles. The van der Waals surface area contributed by atoms with Crippen LogP contribution in [0.5, 0.6) is 0 Å². The van der Waals surface area contributed by atoms with Gasteiger partial charge >= 0.3 is 0 Å². The van der Waals surface area contributed by atoms with Crippen molar-refractivity contribution in [2.75, 3.05) is 0 Å². The van der Waals surface area contributed by atoms with Crippen LogP contribution in [0.3, 0.4) is 0 Å². The second-order valence-electron chi connectivity index (χ2n) is 8.60. The Morgan fingerprint density at radius 2 is 1.48 bits per heavy atom. The van der Waals surface area contributed by atoms with E-state index in [9.17, 15) is 0 Å². The van der Waals surface area contributed by atoms with Gasteiger partial charge in [-0.25, -0.2) is 9.97 Å². The van der Waals surface area contributed by atoms with Crippen molar-refractivity contribution in [3.05, 3.63) is 84.7 Å². The lowest BCUT2D eigenvalue weighted by Gasteiger charge is -2.13. The third kappa shape index (κ3) is 2.59. The summed E-state index contributed by atoms with van der Waals surface area (Å²) in [5.74, 6) is 0.429. The summed E-state index contributed by atoms with van der Waals surface area (Å²) >= 11 is 0. The number of aryl methyl sites for hydroxylation is 1. The summed E-state index contributed by atoms with van der Waals surface area (Å²) in [6.07, 6.45) is 1.70. The molecule has 0 aliphatic carbocycles. The van der Waals surface area contributed by atoms with Crippen LogP contribution >= 0.6 is 0 Å². The van der Waals surface area contributed by atoms with Crippen LogP contribution in [-0.2, 0) is 7.05 Å². The largest absolute Gasteiger partial charge is 0.328 e. The van der Waals surface area contributed by atoms with Crippen molar-refractivity contribution in [2.24, 2.45) is 7.05 Å². The first-order valence-electron chi connectivity index (χ1n) is 10.8. The predicted molar refractivity (Wildman–Crippen MR) is 131 cm³/mol. The fourth-order valence-corrected chi connectivity index (χ4v) is 4.98. The molecule has 31 heavy (non-hydrogen) atoms. The van der Waals surface area contributed by atoms with Gasteiger partial charge in [0.25, 0.3) is 0 Å². The van der Waals surface area contributed by atoms with E-state index in [-0.39, 0.29) is 0 Å². The molecule has 0 fully saturated rings. The van der Waals surface area contributed by atoms with Crippen molar-refractivity contribution in [1.82, 2.24) is 14.5 Å². The molecular weight excluding hydrogens is 378 g/mol. The molecule has 4 aromatic carbocycles. The van der Waals surface area contributed by atoms with Gasteiger partial charge in [-0.15, -0.1) is 0 Å². The van der Waals surface area contributed by atoms with Gasteiger partial charge in [0.15, 0.2) is 0 Å². The van der Waals surface area contributed by atoms with Gasteiger partial charge in [-0.05, 0) is 39.8 Å². The Labute approximate surface area is 181 Å². The quantitative estimate of drug-likeness (QED) is 0.307. The van der Waals surface area contributed by atoms with Gasteiger partial charge in [-0.1, -0.05) is 74.5 Å². The molecule has 2 heterocycles. The second kappa shape index (κ2) is 6.64. The second-order valence-corrected chi connectivity index (χ2v) is 8.60. The Bertz CT molecular complexity index is 1620. The number of nitrogens with zero attached hydrogens (tertiary/aromatic N) is 3. The molecule has 3 nitrogen and oxygen atoms in total. The summed E-state index contributed by atoms with van der Waals surface area (Å²) in [6.45, 7) is 4.51. The molecule has 0 spiro atoms. The molecule has 0 aliphatic rings. The number of benzene rings is 4. The minimum Gasteiger partial charge on any atom is -0.328 e. The lowest BCUT2D eigenvalue weighted by molar-refractivity contribution is 0.876. The fourth-order valence-electron chi connectivity index (χ4n) is 4.98. The van der Waals surface area contributed by atoms with Crippen LogP contribution in [0.2, 0.25) is 0 Å². The molecule has 0 unspecified atom stereocenters. The molecule has 2 aromatic heterocycles. The van der Waals surface area contributed by atoms with E-state index in [0.29, 0.717) is 5.92 Å². The maximum Gasteiger partial charge on any atom is 0.144 e. The van der Waals surface area contributed by atoms with Gasteiger partial charge in [0.2, 0.25) is 0 Å². The third-order valence-corrected chi connectivity index (χ3v) is 6.44. The summed E-state index contributed by atoms with van der Waals surface area (Å²) in [7, 11) is 2.10. The topological polar surface area (TPSA) is 30.7 Å². The Balaban J connectivity index is 1.75. The van der Waals surface area contributed by atoms with Crippen LogP contribution in [0, 0.1) is 0 Å². The van der Waals surface area contributed by atoms with Gasteiger partial charge in [-0.3, -0.25) is 0 Å². The minimum absolute atomic E-state index is 0.429. The smallest absolute Gasteiger partial charge is 0.144 e. The van der Waals surface area contributed by atoms with Gasteiger partial charge < -0.3 is 4.57 Å². The number of aromatic nitrogens is 3. The van der Waals surface area contributed by atoms with Crippen molar-refractivity contribution in [3.63, 3.8) is 0 Å². The molecular formula is C28H23N3. The van der Waals surface area contributed by atoms with E-state index in [4.69, 9.17) is 4.98 Å². The number of hydrogen-bond donors (Lipinski definition) is 0.